The molecule has 0 bridgehead atoms. The van der Waals surface area contributed by atoms with Crippen molar-refractivity contribution in [2.75, 3.05) is 0 Å². The van der Waals surface area contributed by atoms with E-state index in [1.807, 2.05) is 0 Å². The predicted octanol–water partition coefficient (Wildman–Crippen LogP) is 1.65. The molecule has 3 rings (SSSR count). The molecule has 0 aliphatic rings. The number of furan rings is 1. The normalized spacial score (nSPS) is 10.9. The van der Waals surface area contributed by atoms with Crippen LogP contribution in [0, 0.1) is 6.92 Å². The number of hydrogen-bond donors (Lipinski definition) is 0. The van der Waals surface area contributed by atoms with Gasteiger partial charge in [-0.1, -0.05) is 6.07 Å². The molecule has 5 heteroatoms. The van der Waals surface area contributed by atoms with Crippen molar-refractivity contribution in [3.63, 3.8) is 0 Å². The van der Waals surface area contributed by atoms with Crippen LogP contribution in [-0.2, 0) is 11.2 Å². The van der Waals surface area contributed by atoms with Crippen LogP contribution < -0.4 is 10.5 Å². The van der Waals surface area contributed by atoms with Gasteiger partial charge in [0.2, 0.25) is 0 Å². The van der Waals surface area contributed by atoms with E-state index in [0.29, 0.717) is 22.3 Å². The van der Waals surface area contributed by atoms with Crippen LogP contribution in [0.5, 0.6) is 0 Å². The Hall–Kier alpha value is -2.82. The van der Waals surface area contributed by atoms with Gasteiger partial charge in [-0.3, -0.25) is 4.79 Å². The maximum absolute atomic E-state index is 12.2. The molecule has 3 aromatic rings. The summed E-state index contributed by atoms with van der Waals surface area (Å²) >= 11 is 0. The van der Waals surface area contributed by atoms with E-state index in [9.17, 15) is 14.7 Å². The van der Waals surface area contributed by atoms with E-state index in [1.54, 1.807) is 25.1 Å². The van der Waals surface area contributed by atoms with Crippen molar-refractivity contribution < 1.29 is 18.7 Å². The number of carbonyl (C=O) groups is 1. The number of fused-ring (bicyclic) bond motifs is 1. The summed E-state index contributed by atoms with van der Waals surface area (Å²) < 4.78 is 10.7. The third kappa shape index (κ3) is 2.45. The summed E-state index contributed by atoms with van der Waals surface area (Å²) in [4.78, 5) is 23.1. The SMILES string of the molecule is Cc1cc(CC(=O)[O-])c2oc(-c3ccoc3)cc(=O)c2c1. The van der Waals surface area contributed by atoms with Gasteiger partial charge in [0.1, 0.15) is 17.6 Å². The van der Waals surface area contributed by atoms with Gasteiger partial charge in [-0.05, 0) is 24.6 Å². The van der Waals surface area contributed by atoms with Gasteiger partial charge in [-0.15, -0.1) is 0 Å². The number of aryl methyl sites for hydroxylation is 1. The standard InChI is InChI=1S/C16H12O5/c1-9-4-11(6-15(18)19)16-12(5-9)13(17)7-14(21-16)10-2-3-20-8-10/h2-5,7-8H,6H2,1H3,(H,18,19)/p-1. The summed E-state index contributed by atoms with van der Waals surface area (Å²) in [6.45, 7) is 1.79. The summed E-state index contributed by atoms with van der Waals surface area (Å²) in [6, 6.07) is 6.39. The number of carboxylic acids is 1. The maximum Gasteiger partial charge on any atom is 0.193 e. The van der Waals surface area contributed by atoms with E-state index < -0.39 is 5.97 Å². The molecule has 2 heterocycles. The largest absolute Gasteiger partial charge is 0.550 e. The molecule has 0 spiro atoms. The van der Waals surface area contributed by atoms with Crippen molar-refractivity contribution in [2.24, 2.45) is 0 Å². The molecule has 0 saturated carbocycles. The van der Waals surface area contributed by atoms with Crippen molar-refractivity contribution in [1.29, 1.82) is 0 Å². The number of aliphatic carboxylic acids is 1. The van der Waals surface area contributed by atoms with Crippen LogP contribution in [0.25, 0.3) is 22.3 Å². The minimum atomic E-state index is -1.22. The lowest BCUT2D eigenvalue weighted by atomic mass is 10.0. The van der Waals surface area contributed by atoms with E-state index >= 15 is 0 Å². The average molecular weight is 283 g/mol. The Kier molecular flexibility index (Phi) is 3.10. The van der Waals surface area contributed by atoms with Crippen molar-refractivity contribution in [3.8, 4) is 11.3 Å². The molecule has 5 nitrogen and oxygen atoms in total. The molecule has 0 radical (unpaired) electrons. The molecule has 0 unspecified atom stereocenters. The van der Waals surface area contributed by atoms with Crippen LogP contribution in [0.1, 0.15) is 11.1 Å². The molecule has 106 valence electrons. The summed E-state index contributed by atoms with van der Waals surface area (Å²) in [5, 5.41) is 11.2. The Labute approximate surface area is 119 Å². The highest BCUT2D eigenvalue weighted by Gasteiger charge is 2.12. The molecule has 0 amide bonds. The molecule has 0 fully saturated rings. The highest BCUT2D eigenvalue weighted by atomic mass is 16.4. The predicted molar refractivity (Wildman–Crippen MR) is 73.6 cm³/mol. The number of hydrogen-bond acceptors (Lipinski definition) is 5. The second kappa shape index (κ2) is 4.94. The molecule has 0 N–H and O–H groups in total. The summed E-state index contributed by atoms with van der Waals surface area (Å²) in [5.74, 6) is -0.886. The van der Waals surface area contributed by atoms with Crippen LogP contribution in [0.15, 0.2) is 50.4 Å². The molecular formula is C16H11O5-. The van der Waals surface area contributed by atoms with Crippen molar-refractivity contribution >= 4 is 16.9 Å². The number of carbonyl (C=O) groups excluding carboxylic acids is 1. The van der Waals surface area contributed by atoms with E-state index in [0.717, 1.165) is 5.56 Å². The number of rotatable bonds is 3. The first-order chi connectivity index (χ1) is 10.0. The highest BCUT2D eigenvalue weighted by Crippen LogP contribution is 2.25. The maximum atomic E-state index is 12.2. The monoisotopic (exact) mass is 283 g/mol. The summed E-state index contributed by atoms with van der Waals surface area (Å²) in [7, 11) is 0. The van der Waals surface area contributed by atoms with Crippen LogP contribution in [-0.4, -0.2) is 5.97 Å². The van der Waals surface area contributed by atoms with Crippen molar-refractivity contribution in [3.05, 3.63) is 58.1 Å². The first kappa shape index (κ1) is 13.2. The smallest absolute Gasteiger partial charge is 0.193 e. The Balaban J connectivity index is 2.31. The van der Waals surface area contributed by atoms with Crippen LogP contribution in [0.3, 0.4) is 0 Å². The fraction of sp³-hybridized carbons (Fsp3) is 0.125. The van der Waals surface area contributed by atoms with Crippen molar-refractivity contribution in [2.45, 2.75) is 13.3 Å². The fourth-order valence-corrected chi connectivity index (χ4v) is 2.32. The first-order valence-corrected chi connectivity index (χ1v) is 6.34. The minimum absolute atomic E-state index is 0.226. The molecular weight excluding hydrogens is 272 g/mol. The Morgan fingerprint density at radius 1 is 1.29 bits per heavy atom. The first-order valence-electron chi connectivity index (χ1n) is 6.34. The zero-order chi connectivity index (χ0) is 15.0. The van der Waals surface area contributed by atoms with Gasteiger partial charge < -0.3 is 18.7 Å². The lowest BCUT2D eigenvalue weighted by Gasteiger charge is -2.09. The molecule has 0 aliphatic carbocycles. The van der Waals surface area contributed by atoms with E-state index in [-0.39, 0.29) is 17.4 Å². The second-order valence-electron chi connectivity index (χ2n) is 4.84. The third-order valence-corrected chi connectivity index (χ3v) is 3.19. The quantitative estimate of drug-likeness (QED) is 0.729. The zero-order valence-electron chi connectivity index (χ0n) is 11.2. The third-order valence-electron chi connectivity index (χ3n) is 3.19. The van der Waals surface area contributed by atoms with Gasteiger partial charge in [0, 0.05) is 24.0 Å². The van der Waals surface area contributed by atoms with Crippen LogP contribution in [0.2, 0.25) is 0 Å². The number of carboxylic acid groups (broad SMARTS) is 1. The summed E-state index contributed by atoms with van der Waals surface area (Å²) in [6.07, 6.45) is 2.61. The fourth-order valence-electron chi connectivity index (χ4n) is 2.32. The van der Waals surface area contributed by atoms with Gasteiger partial charge in [-0.25, -0.2) is 0 Å². The highest BCUT2D eigenvalue weighted by molar-refractivity contribution is 5.85. The lowest BCUT2D eigenvalue weighted by molar-refractivity contribution is -0.304. The van der Waals surface area contributed by atoms with Crippen molar-refractivity contribution in [1.82, 2.24) is 0 Å². The van der Waals surface area contributed by atoms with Gasteiger partial charge in [0.25, 0.3) is 0 Å². The Bertz CT molecular complexity index is 872. The molecule has 1 aromatic carbocycles. The molecule has 0 aliphatic heterocycles. The Morgan fingerprint density at radius 2 is 2.10 bits per heavy atom. The molecule has 0 atom stereocenters. The van der Waals surface area contributed by atoms with Crippen LogP contribution >= 0.6 is 0 Å². The van der Waals surface area contributed by atoms with E-state index in [4.69, 9.17) is 8.83 Å². The Morgan fingerprint density at radius 3 is 2.76 bits per heavy atom. The van der Waals surface area contributed by atoms with Gasteiger partial charge >= 0.3 is 0 Å². The van der Waals surface area contributed by atoms with Gasteiger partial charge in [0.15, 0.2) is 5.43 Å². The van der Waals surface area contributed by atoms with E-state index in [2.05, 4.69) is 0 Å². The summed E-state index contributed by atoms with van der Waals surface area (Å²) in [5.41, 5.74) is 1.88. The zero-order valence-corrected chi connectivity index (χ0v) is 11.2. The molecule has 21 heavy (non-hydrogen) atoms. The lowest BCUT2D eigenvalue weighted by Crippen LogP contribution is -2.24. The van der Waals surface area contributed by atoms with E-state index in [1.165, 1.54) is 18.6 Å². The second-order valence-corrected chi connectivity index (χ2v) is 4.84. The topological polar surface area (TPSA) is 83.5 Å². The number of benzene rings is 1. The van der Waals surface area contributed by atoms with Gasteiger partial charge in [0.05, 0.1) is 17.2 Å². The minimum Gasteiger partial charge on any atom is -0.550 e. The molecule has 0 saturated heterocycles. The van der Waals surface area contributed by atoms with Gasteiger partial charge in [-0.2, -0.15) is 0 Å². The van der Waals surface area contributed by atoms with Crippen LogP contribution in [0.4, 0.5) is 0 Å². The molecule has 2 aromatic heterocycles. The average Bonchev–Trinajstić information content (AvgIpc) is 2.93.